The molecule has 22 heavy (non-hydrogen) atoms. The van der Waals surface area contributed by atoms with Crippen molar-refractivity contribution in [2.75, 3.05) is 20.2 Å². The molecule has 0 aliphatic carbocycles. The van der Waals surface area contributed by atoms with Crippen molar-refractivity contribution in [2.45, 2.75) is 31.7 Å². The third-order valence-electron chi connectivity index (χ3n) is 3.36. The van der Waals surface area contributed by atoms with Crippen LogP contribution in [0.15, 0.2) is 30.3 Å². The summed E-state index contributed by atoms with van der Waals surface area (Å²) in [6, 6.07) is 9.17. The summed E-state index contributed by atoms with van der Waals surface area (Å²) in [5.41, 5.74) is 1.05. The van der Waals surface area contributed by atoms with Crippen LogP contribution in [0.5, 0.6) is 0 Å². The van der Waals surface area contributed by atoms with Gasteiger partial charge in [-0.25, -0.2) is 4.79 Å². The highest BCUT2D eigenvalue weighted by atomic mass is 16.4. The van der Waals surface area contributed by atoms with E-state index in [9.17, 15) is 9.59 Å². The molecule has 122 valence electrons. The third-order valence-corrected chi connectivity index (χ3v) is 3.36. The molecular weight excluding hydrogens is 284 g/mol. The first kappa shape index (κ1) is 18.0. The van der Waals surface area contributed by atoms with Gasteiger partial charge in [-0.2, -0.15) is 0 Å². The van der Waals surface area contributed by atoms with Crippen LogP contribution < -0.4 is 5.32 Å². The number of hydrogen-bond acceptors (Lipinski definition) is 3. The number of aliphatic carboxylic acids is 1. The molecule has 2 amide bonds. The molecule has 0 radical (unpaired) electrons. The first-order valence-electron chi connectivity index (χ1n) is 7.41. The van der Waals surface area contributed by atoms with E-state index in [2.05, 4.69) is 5.32 Å². The molecular formula is C16H24N2O4. The van der Waals surface area contributed by atoms with E-state index in [-0.39, 0.29) is 25.1 Å². The van der Waals surface area contributed by atoms with Crippen molar-refractivity contribution < 1.29 is 19.8 Å². The SMILES string of the molecule is CN(CCCO)C(=O)NC(CCC(=O)O)Cc1ccccc1. The van der Waals surface area contributed by atoms with Gasteiger partial charge in [0.15, 0.2) is 0 Å². The fourth-order valence-electron chi connectivity index (χ4n) is 2.12. The van der Waals surface area contributed by atoms with E-state index < -0.39 is 5.97 Å². The Hall–Kier alpha value is -2.08. The third kappa shape index (κ3) is 7.08. The van der Waals surface area contributed by atoms with Gasteiger partial charge in [0.2, 0.25) is 0 Å². The topological polar surface area (TPSA) is 89.9 Å². The number of carbonyl (C=O) groups is 2. The van der Waals surface area contributed by atoms with Gasteiger partial charge in [0, 0.05) is 32.7 Å². The van der Waals surface area contributed by atoms with Crippen molar-refractivity contribution >= 4 is 12.0 Å². The molecule has 0 saturated carbocycles. The number of amides is 2. The first-order chi connectivity index (χ1) is 10.5. The van der Waals surface area contributed by atoms with Crippen LogP contribution in [0, 0.1) is 0 Å². The van der Waals surface area contributed by atoms with E-state index in [4.69, 9.17) is 10.2 Å². The molecule has 0 aliphatic rings. The normalized spacial score (nSPS) is 11.7. The van der Waals surface area contributed by atoms with Gasteiger partial charge in [0.05, 0.1) is 0 Å². The maximum absolute atomic E-state index is 12.1. The molecule has 0 spiro atoms. The Labute approximate surface area is 130 Å². The summed E-state index contributed by atoms with van der Waals surface area (Å²) in [6.07, 6.45) is 1.50. The van der Waals surface area contributed by atoms with Gasteiger partial charge in [0.25, 0.3) is 0 Å². The molecule has 1 atom stereocenters. The Morgan fingerprint density at radius 3 is 2.55 bits per heavy atom. The largest absolute Gasteiger partial charge is 0.481 e. The number of urea groups is 1. The highest BCUT2D eigenvalue weighted by Crippen LogP contribution is 2.08. The Morgan fingerprint density at radius 2 is 1.95 bits per heavy atom. The summed E-state index contributed by atoms with van der Waals surface area (Å²) in [5, 5.41) is 20.5. The van der Waals surface area contributed by atoms with E-state index in [1.165, 1.54) is 4.90 Å². The van der Waals surface area contributed by atoms with Gasteiger partial charge in [-0.05, 0) is 24.8 Å². The number of hydrogen-bond donors (Lipinski definition) is 3. The summed E-state index contributed by atoms with van der Waals surface area (Å²) in [7, 11) is 1.65. The molecule has 0 saturated heterocycles. The number of nitrogens with zero attached hydrogens (tertiary/aromatic N) is 1. The van der Waals surface area contributed by atoms with Crippen LogP contribution >= 0.6 is 0 Å². The predicted octanol–water partition coefficient (Wildman–Crippen LogP) is 1.49. The monoisotopic (exact) mass is 308 g/mol. The molecule has 0 aliphatic heterocycles. The van der Waals surface area contributed by atoms with Crippen molar-refractivity contribution in [3.8, 4) is 0 Å². The summed E-state index contributed by atoms with van der Waals surface area (Å²) >= 11 is 0. The second kappa shape index (κ2) is 9.78. The van der Waals surface area contributed by atoms with Gasteiger partial charge >= 0.3 is 12.0 Å². The fourth-order valence-corrected chi connectivity index (χ4v) is 2.12. The molecule has 1 aromatic carbocycles. The van der Waals surface area contributed by atoms with Crippen LogP contribution in [0.25, 0.3) is 0 Å². The number of carboxylic acid groups (broad SMARTS) is 1. The van der Waals surface area contributed by atoms with Crippen molar-refractivity contribution in [3.63, 3.8) is 0 Å². The van der Waals surface area contributed by atoms with E-state index in [1.807, 2.05) is 30.3 Å². The van der Waals surface area contributed by atoms with Crippen LogP contribution in [0.1, 0.15) is 24.8 Å². The lowest BCUT2D eigenvalue weighted by atomic mass is 10.0. The number of aliphatic hydroxyl groups excluding tert-OH is 1. The lowest BCUT2D eigenvalue weighted by Gasteiger charge is -2.23. The average Bonchev–Trinajstić information content (AvgIpc) is 2.51. The van der Waals surface area contributed by atoms with E-state index >= 15 is 0 Å². The maximum atomic E-state index is 12.1. The van der Waals surface area contributed by atoms with Crippen molar-refractivity contribution in [1.82, 2.24) is 10.2 Å². The van der Waals surface area contributed by atoms with Gasteiger partial charge in [-0.15, -0.1) is 0 Å². The Bertz CT molecular complexity index is 464. The predicted molar refractivity (Wildman–Crippen MR) is 83.7 cm³/mol. The van der Waals surface area contributed by atoms with Crippen molar-refractivity contribution in [2.24, 2.45) is 0 Å². The Kier molecular flexibility index (Phi) is 7.99. The van der Waals surface area contributed by atoms with Crippen LogP contribution in [0.2, 0.25) is 0 Å². The zero-order chi connectivity index (χ0) is 16.4. The van der Waals surface area contributed by atoms with Crippen LogP contribution in [-0.4, -0.2) is 53.4 Å². The molecule has 0 bridgehead atoms. The standard InChI is InChI=1S/C16H24N2O4/c1-18(10-5-11-19)16(22)17-14(8-9-15(20)21)12-13-6-3-2-4-7-13/h2-4,6-7,14,19H,5,8-12H2,1H3,(H,17,22)(H,20,21). The van der Waals surface area contributed by atoms with Crippen molar-refractivity contribution in [3.05, 3.63) is 35.9 Å². The first-order valence-corrected chi connectivity index (χ1v) is 7.41. The number of carboxylic acids is 1. The number of aliphatic hydroxyl groups is 1. The minimum absolute atomic E-state index is 0.0120. The molecule has 1 rings (SSSR count). The lowest BCUT2D eigenvalue weighted by Crippen LogP contribution is -2.44. The quantitative estimate of drug-likeness (QED) is 0.644. The van der Waals surface area contributed by atoms with Crippen molar-refractivity contribution in [1.29, 1.82) is 0 Å². The molecule has 0 fully saturated rings. The van der Waals surface area contributed by atoms with Crippen LogP contribution in [0.3, 0.4) is 0 Å². The van der Waals surface area contributed by atoms with Crippen LogP contribution in [0.4, 0.5) is 4.79 Å². The molecule has 6 heteroatoms. The average molecular weight is 308 g/mol. The van der Waals surface area contributed by atoms with Crippen LogP contribution in [-0.2, 0) is 11.2 Å². The molecule has 6 nitrogen and oxygen atoms in total. The Balaban J connectivity index is 2.60. The summed E-state index contributed by atoms with van der Waals surface area (Å²) in [5.74, 6) is -0.874. The molecule has 3 N–H and O–H groups in total. The highest BCUT2D eigenvalue weighted by molar-refractivity contribution is 5.74. The van der Waals surface area contributed by atoms with Gasteiger partial charge in [-0.3, -0.25) is 4.79 Å². The molecule has 1 aromatic rings. The maximum Gasteiger partial charge on any atom is 0.317 e. The van der Waals surface area contributed by atoms with E-state index in [0.717, 1.165) is 5.56 Å². The minimum Gasteiger partial charge on any atom is -0.481 e. The summed E-state index contributed by atoms with van der Waals surface area (Å²) in [4.78, 5) is 24.3. The number of benzene rings is 1. The van der Waals surface area contributed by atoms with E-state index in [1.54, 1.807) is 7.05 Å². The second-order valence-electron chi connectivity index (χ2n) is 5.27. The zero-order valence-electron chi connectivity index (χ0n) is 12.9. The summed E-state index contributed by atoms with van der Waals surface area (Å²) < 4.78 is 0. The highest BCUT2D eigenvalue weighted by Gasteiger charge is 2.17. The molecule has 1 unspecified atom stereocenters. The van der Waals surface area contributed by atoms with Gasteiger partial charge < -0.3 is 20.4 Å². The van der Waals surface area contributed by atoms with Gasteiger partial charge in [-0.1, -0.05) is 30.3 Å². The Morgan fingerprint density at radius 1 is 1.27 bits per heavy atom. The number of carbonyl (C=O) groups excluding carboxylic acids is 1. The second-order valence-corrected chi connectivity index (χ2v) is 5.27. The fraction of sp³-hybridized carbons (Fsp3) is 0.500. The number of rotatable bonds is 9. The summed E-state index contributed by atoms with van der Waals surface area (Å²) in [6.45, 7) is 0.489. The van der Waals surface area contributed by atoms with E-state index in [0.29, 0.717) is 25.8 Å². The molecule has 0 heterocycles. The minimum atomic E-state index is -0.874. The molecule has 0 aromatic heterocycles. The smallest absolute Gasteiger partial charge is 0.317 e. The number of nitrogens with one attached hydrogen (secondary N) is 1. The van der Waals surface area contributed by atoms with Gasteiger partial charge in [0.1, 0.15) is 0 Å². The lowest BCUT2D eigenvalue weighted by molar-refractivity contribution is -0.137. The zero-order valence-corrected chi connectivity index (χ0v) is 12.9.